The second kappa shape index (κ2) is 11.2. The molecule has 0 atom stereocenters. The molecule has 0 bridgehead atoms. The minimum absolute atomic E-state index is 0.0238. The highest BCUT2D eigenvalue weighted by Crippen LogP contribution is 2.59. The molecule has 2 saturated carbocycles. The lowest BCUT2D eigenvalue weighted by Gasteiger charge is -2.40. The first-order valence-electron chi connectivity index (χ1n) is 13.4. The molecule has 0 radical (unpaired) electrons. The van der Waals surface area contributed by atoms with E-state index in [-0.39, 0.29) is 37.3 Å². The lowest BCUT2D eigenvalue weighted by atomic mass is 9.69. The molecule has 8 nitrogen and oxygen atoms in total. The number of hydrogen-bond acceptors (Lipinski definition) is 6. The summed E-state index contributed by atoms with van der Waals surface area (Å²) in [6.45, 7) is 4.52. The van der Waals surface area contributed by atoms with Crippen LogP contribution >= 0.6 is 0 Å². The third-order valence-corrected chi connectivity index (χ3v) is 8.61. The Morgan fingerprint density at radius 3 is 2.32 bits per heavy atom. The molecule has 0 saturated heterocycles. The van der Waals surface area contributed by atoms with E-state index >= 15 is 0 Å². The summed E-state index contributed by atoms with van der Waals surface area (Å²) in [5.74, 6) is -0.528. The molecule has 1 aromatic heterocycles. The van der Waals surface area contributed by atoms with Crippen LogP contribution in [0.3, 0.4) is 0 Å². The van der Waals surface area contributed by atoms with Gasteiger partial charge in [-0.25, -0.2) is 0 Å². The fraction of sp³-hybridized carbons (Fsp3) is 0.846. The van der Waals surface area contributed by atoms with E-state index in [0.717, 1.165) is 55.7 Å². The van der Waals surface area contributed by atoms with E-state index in [1.807, 2.05) is 11.7 Å². The Kier molecular flexibility index (Phi) is 8.57. The SMILES string of the molecule is CNCCN(C)Cc1nn2c(c1C1CCC(COC)(COC)CC1)CN(C(=O)C1(C(F)(F)F)CC1)CC2. The lowest BCUT2D eigenvalue weighted by molar-refractivity contribution is -0.199. The number of hydrogen-bond donors (Lipinski definition) is 1. The Morgan fingerprint density at radius 1 is 1.14 bits per heavy atom. The number of aromatic nitrogens is 2. The highest BCUT2D eigenvalue weighted by atomic mass is 19.4. The maximum absolute atomic E-state index is 13.7. The number of amides is 1. The highest BCUT2D eigenvalue weighted by molar-refractivity contribution is 5.86. The molecule has 1 aliphatic heterocycles. The number of nitrogens with zero attached hydrogens (tertiary/aromatic N) is 4. The molecule has 3 aliphatic rings. The predicted octanol–water partition coefficient (Wildman–Crippen LogP) is 3.16. The lowest BCUT2D eigenvalue weighted by Crippen LogP contribution is -2.47. The highest BCUT2D eigenvalue weighted by Gasteiger charge is 2.69. The average Bonchev–Trinajstić information content (AvgIpc) is 3.61. The Bertz CT molecular complexity index is 931. The maximum Gasteiger partial charge on any atom is 0.403 e. The standard InChI is InChI=1S/C26H42F3N5O3/c1-30-11-12-32(2)15-20-22(19-5-7-24(8-6-19,17-36-3)18-37-4)21-16-33(13-14-34(21)31-20)23(35)25(9-10-25)26(27,28)29/h19,30H,5-18H2,1-4H3. The van der Waals surface area contributed by atoms with Gasteiger partial charge < -0.3 is 19.7 Å². The van der Waals surface area contributed by atoms with Crippen molar-refractivity contribution < 1.29 is 27.4 Å². The van der Waals surface area contributed by atoms with Gasteiger partial charge in [-0.1, -0.05) is 0 Å². The number of carbonyl (C=O) groups excluding carboxylic acids is 1. The van der Waals surface area contributed by atoms with Crippen LogP contribution in [0.25, 0.3) is 0 Å². The van der Waals surface area contributed by atoms with Gasteiger partial charge in [-0.2, -0.15) is 18.3 Å². The van der Waals surface area contributed by atoms with Gasteiger partial charge in [-0.3, -0.25) is 14.4 Å². The van der Waals surface area contributed by atoms with Gasteiger partial charge in [-0.15, -0.1) is 0 Å². The van der Waals surface area contributed by atoms with Crippen LogP contribution in [0.15, 0.2) is 0 Å². The van der Waals surface area contributed by atoms with Crippen molar-refractivity contribution >= 4 is 5.91 Å². The molecule has 1 aromatic rings. The first kappa shape index (κ1) is 28.3. The van der Waals surface area contributed by atoms with Crippen molar-refractivity contribution in [3.63, 3.8) is 0 Å². The molecule has 37 heavy (non-hydrogen) atoms. The predicted molar refractivity (Wildman–Crippen MR) is 133 cm³/mol. The molecule has 1 N–H and O–H groups in total. The van der Waals surface area contributed by atoms with E-state index in [9.17, 15) is 18.0 Å². The summed E-state index contributed by atoms with van der Waals surface area (Å²) in [7, 11) is 7.41. The number of carbonyl (C=O) groups is 1. The van der Waals surface area contributed by atoms with Crippen LogP contribution in [0.1, 0.15) is 61.4 Å². The molecule has 0 aromatic carbocycles. The van der Waals surface area contributed by atoms with Gasteiger partial charge in [0.05, 0.1) is 37.7 Å². The van der Waals surface area contributed by atoms with Crippen LogP contribution in [-0.4, -0.2) is 92.8 Å². The van der Waals surface area contributed by atoms with E-state index in [2.05, 4.69) is 17.3 Å². The van der Waals surface area contributed by atoms with Crippen molar-refractivity contribution in [1.82, 2.24) is 24.9 Å². The van der Waals surface area contributed by atoms with E-state index in [0.29, 0.717) is 26.3 Å². The van der Waals surface area contributed by atoms with Crippen molar-refractivity contribution in [2.45, 2.75) is 70.3 Å². The first-order valence-corrected chi connectivity index (χ1v) is 13.4. The largest absolute Gasteiger partial charge is 0.403 e. The summed E-state index contributed by atoms with van der Waals surface area (Å²) >= 11 is 0. The number of fused-ring (bicyclic) bond motifs is 1. The Balaban J connectivity index is 1.60. The van der Waals surface area contributed by atoms with E-state index in [1.165, 1.54) is 4.90 Å². The van der Waals surface area contributed by atoms with Gasteiger partial charge >= 0.3 is 6.18 Å². The zero-order chi connectivity index (χ0) is 26.8. The molecule has 4 rings (SSSR count). The van der Waals surface area contributed by atoms with E-state index < -0.39 is 17.5 Å². The van der Waals surface area contributed by atoms with Gasteiger partial charge in [-0.05, 0) is 58.5 Å². The molecule has 2 heterocycles. The molecule has 210 valence electrons. The third-order valence-electron chi connectivity index (χ3n) is 8.61. The number of halogens is 3. The number of methoxy groups -OCH3 is 2. The zero-order valence-corrected chi connectivity index (χ0v) is 22.6. The Labute approximate surface area is 217 Å². The van der Waals surface area contributed by atoms with Gasteiger partial charge in [0.1, 0.15) is 5.41 Å². The molecular weight excluding hydrogens is 487 g/mol. The monoisotopic (exact) mass is 529 g/mol. The minimum Gasteiger partial charge on any atom is -0.384 e. The van der Waals surface area contributed by atoms with Gasteiger partial charge in [0, 0.05) is 51.4 Å². The van der Waals surface area contributed by atoms with E-state index in [4.69, 9.17) is 14.6 Å². The van der Waals surface area contributed by atoms with Crippen LogP contribution < -0.4 is 5.32 Å². The summed E-state index contributed by atoms with van der Waals surface area (Å²) in [5, 5.41) is 8.12. The van der Waals surface area contributed by atoms with Crippen LogP contribution in [0.4, 0.5) is 13.2 Å². The normalized spacial score (nSPS) is 21.4. The second-order valence-electron chi connectivity index (χ2n) is 11.3. The van der Waals surface area contributed by atoms with Crippen LogP contribution in [0.2, 0.25) is 0 Å². The fourth-order valence-electron chi connectivity index (χ4n) is 6.30. The quantitative estimate of drug-likeness (QED) is 0.475. The summed E-state index contributed by atoms with van der Waals surface area (Å²) in [4.78, 5) is 16.7. The van der Waals surface area contributed by atoms with Crippen molar-refractivity contribution in [3.8, 4) is 0 Å². The van der Waals surface area contributed by atoms with Crippen molar-refractivity contribution in [2.24, 2.45) is 10.8 Å². The summed E-state index contributed by atoms with van der Waals surface area (Å²) in [6.07, 6.45) is -0.969. The summed E-state index contributed by atoms with van der Waals surface area (Å²) in [6, 6.07) is 0. The minimum atomic E-state index is -4.50. The van der Waals surface area contributed by atoms with Crippen molar-refractivity contribution in [2.75, 3.05) is 61.2 Å². The number of ether oxygens (including phenoxy) is 2. The fourth-order valence-corrected chi connectivity index (χ4v) is 6.30. The number of alkyl halides is 3. The summed E-state index contributed by atoms with van der Waals surface area (Å²) < 4.78 is 54.2. The molecule has 2 fully saturated rings. The molecule has 0 spiro atoms. The van der Waals surface area contributed by atoms with Crippen LogP contribution in [0.5, 0.6) is 0 Å². The number of rotatable bonds is 11. The van der Waals surface area contributed by atoms with Gasteiger partial charge in [0.15, 0.2) is 0 Å². The topological polar surface area (TPSA) is 71.9 Å². The van der Waals surface area contributed by atoms with E-state index in [1.54, 1.807) is 14.2 Å². The molecule has 0 unspecified atom stereocenters. The van der Waals surface area contributed by atoms with Gasteiger partial charge in [0.2, 0.25) is 5.91 Å². The maximum atomic E-state index is 13.7. The van der Waals surface area contributed by atoms with Crippen LogP contribution in [0, 0.1) is 10.8 Å². The number of likely N-dealkylation sites (N-methyl/N-ethyl adjacent to an activating group) is 2. The zero-order valence-electron chi connectivity index (χ0n) is 22.6. The smallest absolute Gasteiger partial charge is 0.384 e. The Hall–Kier alpha value is -1.69. The second-order valence-corrected chi connectivity index (χ2v) is 11.3. The number of nitrogens with one attached hydrogen (secondary N) is 1. The average molecular weight is 530 g/mol. The molecule has 11 heteroatoms. The van der Waals surface area contributed by atoms with Crippen molar-refractivity contribution in [1.29, 1.82) is 0 Å². The Morgan fingerprint density at radius 2 is 1.78 bits per heavy atom. The van der Waals surface area contributed by atoms with Crippen LogP contribution in [-0.2, 0) is 33.9 Å². The van der Waals surface area contributed by atoms with Gasteiger partial charge in [0.25, 0.3) is 0 Å². The molecule has 1 amide bonds. The third kappa shape index (κ3) is 5.69. The molecule has 2 aliphatic carbocycles. The van der Waals surface area contributed by atoms with Crippen molar-refractivity contribution in [3.05, 3.63) is 17.0 Å². The molecular formula is C26H42F3N5O3. The first-order chi connectivity index (χ1) is 17.6. The summed E-state index contributed by atoms with van der Waals surface area (Å²) in [5.41, 5.74) is 0.816.